The second kappa shape index (κ2) is 10.5. The predicted molar refractivity (Wildman–Crippen MR) is 107 cm³/mol. The van der Waals surface area contributed by atoms with E-state index < -0.39 is 17.5 Å². The molecule has 0 bridgehead atoms. The summed E-state index contributed by atoms with van der Waals surface area (Å²) in [5.41, 5.74) is -0.220. The van der Waals surface area contributed by atoms with Gasteiger partial charge in [0.2, 0.25) is 11.8 Å². The first-order valence-corrected chi connectivity index (χ1v) is 10.4. The van der Waals surface area contributed by atoms with Crippen LogP contribution in [0.4, 0.5) is 8.78 Å². The number of hydrogen-bond donors (Lipinski definition) is 1. The summed E-state index contributed by atoms with van der Waals surface area (Å²) in [6, 6.07) is 2.79. The highest BCUT2D eigenvalue weighted by atomic mass is 19.1. The Bertz CT molecular complexity index is 776. The van der Waals surface area contributed by atoms with E-state index in [0.29, 0.717) is 45.2 Å². The van der Waals surface area contributed by atoms with E-state index in [2.05, 4.69) is 10.2 Å². The third kappa shape index (κ3) is 5.98. The molecule has 3 amide bonds. The smallest absolute Gasteiger partial charge is 0.254 e. The Balaban J connectivity index is 1.32. The van der Waals surface area contributed by atoms with Gasteiger partial charge in [0, 0.05) is 58.3 Å². The van der Waals surface area contributed by atoms with E-state index in [1.54, 1.807) is 4.90 Å². The molecule has 2 fully saturated rings. The second-order valence-corrected chi connectivity index (χ2v) is 7.73. The van der Waals surface area contributed by atoms with Crippen LogP contribution < -0.4 is 5.32 Å². The zero-order chi connectivity index (χ0) is 21.5. The van der Waals surface area contributed by atoms with E-state index >= 15 is 0 Å². The number of carbonyl (C=O) groups is 3. The van der Waals surface area contributed by atoms with E-state index in [0.717, 1.165) is 38.1 Å². The minimum atomic E-state index is -0.912. The summed E-state index contributed by atoms with van der Waals surface area (Å²) in [6.07, 6.45) is 2.86. The Hall–Kier alpha value is -2.55. The maximum absolute atomic E-state index is 13.6. The highest BCUT2D eigenvalue weighted by Gasteiger charge is 2.25. The van der Waals surface area contributed by atoms with Gasteiger partial charge >= 0.3 is 0 Å². The number of nitrogens with one attached hydrogen (secondary N) is 1. The molecule has 0 spiro atoms. The number of rotatable bonds is 7. The molecule has 2 saturated heterocycles. The van der Waals surface area contributed by atoms with Crippen molar-refractivity contribution < 1.29 is 23.2 Å². The molecule has 7 nitrogen and oxygen atoms in total. The Labute approximate surface area is 175 Å². The third-order valence-electron chi connectivity index (χ3n) is 5.57. The van der Waals surface area contributed by atoms with Crippen molar-refractivity contribution in [1.82, 2.24) is 20.0 Å². The zero-order valence-corrected chi connectivity index (χ0v) is 17.0. The lowest BCUT2D eigenvalue weighted by Gasteiger charge is -2.35. The largest absolute Gasteiger partial charge is 0.352 e. The van der Waals surface area contributed by atoms with Crippen molar-refractivity contribution in [3.05, 3.63) is 35.4 Å². The standard InChI is InChI=1S/C21H28F2N4O3/c22-16-5-6-17(18(23)14-16)21(30)24-7-3-4-19(28)27-12-10-25(11-13-27)15-20(29)26-8-1-2-9-26/h5-6,14H,1-4,7-13,15H2,(H,24,30). The van der Waals surface area contributed by atoms with Gasteiger partial charge in [-0.3, -0.25) is 19.3 Å². The van der Waals surface area contributed by atoms with Crippen LogP contribution in [-0.2, 0) is 9.59 Å². The van der Waals surface area contributed by atoms with Crippen molar-refractivity contribution in [2.24, 2.45) is 0 Å². The average molecular weight is 422 g/mol. The molecular weight excluding hydrogens is 394 g/mol. The summed E-state index contributed by atoms with van der Waals surface area (Å²) in [7, 11) is 0. The number of amides is 3. The molecule has 0 unspecified atom stereocenters. The predicted octanol–water partition coefficient (Wildman–Crippen LogP) is 1.24. The van der Waals surface area contributed by atoms with Crippen LogP contribution in [0, 0.1) is 11.6 Å². The van der Waals surface area contributed by atoms with Crippen LogP contribution >= 0.6 is 0 Å². The van der Waals surface area contributed by atoms with Crippen LogP contribution in [-0.4, -0.2) is 84.8 Å². The number of benzene rings is 1. The fourth-order valence-corrected chi connectivity index (χ4v) is 3.78. The minimum Gasteiger partial charge on any atom is -0.352 e. The van der Waals surface area contributed by atoms with Crippen molar-refractivity contribution >= 4 is 17.7 Å². The van der Waals surface area contributed by atoms with Crippen LogP contribution in [0.15, 0.2) is 18.2 Å². The number of likely N-dealkylation sites (tertiary alicyclic amines) is 1. The van der Waals surface area contributed by atoms with Gasteiger partial charge in [0.25, 0.3) is 5.91 Å². The monoisotopic (exact) mass is 422 g/mol. The van der Waals surface area contributed by atoms with Crippen molar-refractivity contribution in [2.45, 2.75) is 25.7 Å². The van der Waals surface area contributed by atoms with Crippen LogP contribution in [0.25, 0.3) is 0 Å². The molecule has 1 N–H and O–H groups in total. The Morgan fingerprint density at radius 3 is 2.23 bits per heavy atom. The molecule has 0 atom stereocenters. The van der Waals surface area contributed by atoms with Crippen molar-refractivity contribution in [3.8, 4) is 0 Å². The van der Waals surface area contributed by atoms with E-state index in [-0.39, 0.29) is 30.3 Å². The molecule has 0 aliphatic carbocycles. The lowest BCUT2D eigenvalue weighted by molar-refractivity contribution is -0.134. The average Bonchev–Trinajstić information content (AvgIpc) is 3.26. The zero-order valence-electron chi connectivity index (χ0n) is 17.0. The lowest BCUT2D eigenvalue weighted by atomic mass is 10.2. The molecule has 0 radical (unpaired) electrons. The first kappa shape index (κ1) is 22.1. The molecule has 0 saturated carbocycles. The Morgan fingerprint density at radius 1 is 0.900 bits per heavy atom. The van der Waals surface area contributed by atoms with Crippen LogP contribution in [0.3, 0.4) is 0 Å². The van der Waals surface area contributed by atoms with Crippen molar-refractivity contribution in [2.75, 3.05) is 52.4 Å². The topological polar surface area (TPSA) is 73.0 Å². The summed E-state index contributed by atoms with van der Waals surface area (Å²) in [6.45, 7) is 4.85. The van der Waals surface area contributed by atoms with Gasteiger partial charge in [-0.1, -0.05) is 0 Å². The minimum absolute atomic E-state index is 0.00253. The van der Waals surface area contributed by atoms with E-state index in [9.17, 15) is 23.2 Å². The van der Waals surface area contributed by atoms with Gasteiger partial charge in [-0.2, -0.15) is 0 Å². The highest BCUT2D eigenvalue weighted by Crippen LogP contribution is 2.11. The summed E-state index contributed by atoms with van der Waals surface area (Å²) >= 11 is 0. The van der Waals surface area contributed by atoms with E-state index in [1.807, 2.05) is 4.90 Å². The maximum atomic E-state index is 13.6. The van der Waals surface area contributed by atoms with Crippen LogP contribution in [0.2, 0.25) is 0 Å². The van der Waals surface area contributed by atoms with Crippen molar-refractivity contribution in [3.63, 3.8) is 0 Å². The molecule has 164 valence electrons. The fraction of sp³-hybridized carbons (Fsp3) is 0.571. The van der Waals surface area contributed by atoms with Crippen molar-refractivity contribution in [1.29, 1.82) is 0 Å². The first-order valence-electron chi connectivity index (χ1n) is 10.4. The van der Waals surface area contributed by atoms with Crippen LogP contribution in [0.1, 0.15) is 36.0 Å². The van der Waals surface area contributed by atoms with Gasteiger partial charge in [0.05, 0.1) is 12.1 Å². The molecule has 0 aromatic heterocycles. The Morgan fingerprint density at radius 2 is 1.57 bits per heavy atom. The number of nitrogens with zero attached hydrogens (tertiary/aromatic N) is 3. The summed E-state index contributed by atoms with van der Waals surface area (Å²) in [5, 5.41) is 2.55. The molecule has 2 heterocycles. The number of piperazine rings is 1. The summed E-state index contributed by atoms with van der Waals surface area (Å²) in [4.78, 5) is 42.3. The van der Waals surface area contributed by atoms with Gasteiger partial charge in [-0.25, -0.2) is 8.78 Å². The molecular formula is C21H28F2N4O3. The number of carbonyl (C=O) groups excluding carboxylic acids is 3. The molecule has 2 aliphatic rings. The molecule has 3 rings (SSSR count). The van der Waals surface area contributed by atoms with Gasteiger partial charge in [0.1, 0.15) is 11.6 Å². The highest BCUT2D eigenvalue weighted by molar-refractivity contribution is 5.94. The molecule has 30 heavy (non-hydrogen) atoms. The molecule has 9 heteroatoms. The fourth-order valence-electron chi connectivity index (χ4n) is 3.78. The van der Waals surface area contributed by atoms with Crippen LogP contribution in [0.5, 0.6) is 0 Å². The molecule has 1 aromatic rings. The second-order valence-electron chi connectivity index (χ2n) is 7.73. The molecule has 2 aliphatic heterocycles. The third-order valence-corrected chi connectivity index (χ3v) is 5.57. The van der Waals surface area contributed by atoms with Gasteiger partial charge in [-0.15, -0.1) is 0 Å². The van der Waals surface area contributed by atoms with Gasteiger partial charge in [0.15, 0.2) is 0 Å². The van der Waals surface area contributed by atoms with E-state index in [4.69, 9.17) is 0 Å². The van der Waals surface area contributed by atoms with Gasteiger partial charge in [-0.05, 0) is 31.4 Å². The first-order chi connectivity index (χ1) is 14.4. The summed E-state index contributed by atoms with van der Waals surface area (Å²) < 4.78 is 26.5. The lowest BCUT2D eigenvalue weighted by Crippen LogP contribution is -2.51. The van der Waals surface area contributed by atoms with E-state index in [1.165, 1.54) is 0 Å². The maximum Gasteiger partial charge on any atom is 0.254 e. The quantitative estimate of drug-likeness (QED) is 0.672. The Kier molecular flexibility index (Phi) is 7.73. The normalized spacial score (nSPS) is 17.3. The summed E-state index contributed by atoms with van der Waals surface area (Å²) in [5.74, 6) is -2.11. The SMILES string of the molecule is O=C(NCCCC(=O)N1CCN(CC(=O)N2CCCC2)CC1)c1ccc(F)cc1F. The van der Waals surface area contributed by atoms with Gasteiger partial charge < -0.3 is 15.1 Å². The number of hydrogen-bond acceptors (Lipinski definition) is 4. The molecule has 1 aromatic carbocycles. The number of halogens is 2.